The van der Waals surface area contributed by atoms with E-state index in [2.05, 4.69) is 29.4 Å². The van der Waals surface area contributed by atoms with Crippen LogP contribution in [0.25, 0.3) is 0 Å². The second-order valence-corrected chi connectivity index (χ2v) is 8.12. The van der Waals surface area contributed by atoms with Gasteiger partial charge in [0, 0.05) is 29.4 Å². The number of fused-ring (bicyclic) bond motifs is 2. The number of hydrogen-bond donors (Lipinski definition) is 1. The van der Waals surface area contributed by atoms with Crippen LogP contribution in [0.15, 0.2) is 114 Å². The van der Waals surface area contributed by atoms with Crippen molar-refractivity contribution in [3.8, 4) is 0 Å². The summed E-state index contributed by atoms with van der Waals surface area (Å²) < 4.78 is 0. The molecule has 4 aromatic carbocycles. The van der Waals surface area contributed by atoms with Crippen molar-refractivity contribution in [2.45, 2.75) is 18.3 Å². The Morgan fingerprint density at radius 3 is 1.78 bits per heavy atom. The molecule has 4 aromatic rings. The Hall–Kier alpha value is -3.98. The van der Waals surface area contributed by atoms with Crippen molar-refractivity contribution in [3.63, 3.8) is 0 Å². The molecule has 32 heavy (non-hydrogen) atoms. The molecule has 0 spiro atoms. The molecule has 0 aliphatic heterocycles. The summed E-state index contributed by atoms with van der Waals surface area (Å²) in [5.41, 5.74) is 6.22. The molecule has 0 heterocycles. The minimum Gasteiger partial charge on any atom is -0.411 e. The monoisotopic (exact) mass is 417 g/mol. The molecule has 0 fully saturated rings. The molecule has 0 saturated heterocycles. The summed E-state index contributed by atoms with van der Waals surface area (Å²) in [5, 5.41) is 13.6. The molecule has 0 bridgehead atoms. The smallest absolute Gasteiger partial charge is 0.193 e. The second kappa shape index (κ2) is 8.64. The zero-order valence-corrected chi connectivity index (χ0v) is 17.6. The van der Waals surface area contributed by atoms with Gasteiger partial charge in [0.05, 0.1) is 5.71 Å². The van der Waals surface area contributed by atoms with Crippen LogP contribution in [0.1, 0.15) is 56.4 Å². The second-order valence-electron chi connectivity index (χ2n) is 8.12. The summed E-state index contributed by atoms with van der Waals surface area (Å²) in [6.45, 7) is 0. The van der Waals surface area contributed by atoms with Crippen molar-refractivity contribution < 1.29 is 10.0 Å². The molecule has 1 N–H and O–H groups in total. The molecular formula is C29H23NO2. The Labute approximate surface area is 187 Å². The highest BCUT2D eigenvalue weighted by atomic mass is 16.4. The van der Waals surface area contributed by atoms with Gasteiger partial charge in [-0.05, 0) is 22.3 Å². The van der Waals surface area contributed by atoms with Gasteiger partial charge in [-0.2, -0.15) is 0 Å². The van der Waals surface area contributed by atoms with E-state index < -0.39 is 0 Å². The third-order valence-electron chi connectivity index (χ3n) is 6.35. The van der Waals surface area contributed by atoms with E-state index in [9.17, 15) is 10.0 Å². The van der Waals surface area contributed by atoms with E-state index in [0.29, 0.717) is 12.1 Å². The number of carbonyl (C=O) groups is 1. The fourth-order valence-electron chi connectivity index (χ4n) is 4.88. The summed E-state index contributed by atoms with van der Waals surface area (Å²) in [6, 6.07) is 35.9. The van der Waals surface area contributed by atoms with E-state index in [1.807, 2.05) is 84.9 Å². The van der Waals surface area contributed by atoms with E-state index >= 15 is 0 Å². The van der Waals surface area contributed by atoms with Gasteiger partial charge < -0.3 is 5.21 Å². The number of oxime groups is 1. The molecular weight excluding hydrogens is 394 g/mol. The SMILES string of the molecule is O=C1c2ccccc2C(C(C/C(=N/O)c2ccccc2)c2ccccc2)c2ccccc21. The zero-order valence-electron chi connectivity index (χ0n) is 17.6. The molecule has 156 valence electrons. The predicted octanol–water partition coefficient (Wildman–Crippen LogP) is 6.42. The molecule has 3 heteroatoms. The average Bonchev–Trinajstić information content (AvgIpc) is 2.87. The summed E-state index contributed by atoms with van der Waals surface area (Å²) in [6.07, 6.45) is 0.534. The first-order chi connectivity index (χ1) is 15.8. The number of nitrogens with zero attached hydrogens (tertiary/aromatic N) is 1. The van der Waals surface area contributed by atoms with Gasteiger partial charge in [-0.15, -0.1) is 0 Å². The Balaban J connectivity index is 1.69. The maximum atomic E-state index is 13.2. The fraction of sp³-hybridized carbons (Fsp3) is 0.103. The maximum Gasteiger partial charge on any atom is 0.193 e. The lowest BCUT2D eigenvalue weighted by Gasteiger charge is -2.34. The standard InChI is InChI=1S/C29H23NO2/c31-29-24-17-9-7-15-22(24)28(23-16-8-10-18-25(23)29)26(20-11-3-1-4-12-20)19-27(30-32)21-13-5-2-6-14-21/h1-18,26,28,32H,19H2/b30-27-. The number of ketones is 1. The van der Waals surface area contributed by atoms with Crippen molar-refractivity contribution in [1.29, 1.82) is 0 Å². The van der Waals surface area contributed by atoms with Crippen molar-refractivity contribution in [1.82, 2.24) is 0 Å². The van der Waals surface area contributed by atoms with Gasteiger partial charge in [0.25, 0.3) is 0 Å². The molecule has 3 nitrogen and oxygen atoms in total. The highest BCUT2D eigenvalue weighted by Crippen LogP contribution is 2.46. The van der Waals surface area contributed by atoms with Crippen LogP contribution in [0.5, 0.6) is 0 Å². The molecule has 5 rings (SSSR count). The first-order valence-electron chi connectivity index (χ1n) is 10.8. The third kappa shape index (κ3) is 3.52. The van der Waals surface area contributed by atoms with E-state index in [4.69, 9.17) is 0 Å². The van der Waals surface area contributed by atoms with Gasteiger partial charge >= 0.3 is 0 Å². The third-order valence-corrected chi connectivity index (χ3v) is 6.35. The van der Waals surface area contributed by atoms with Gasteiger partial charge in [-0.1, -0.05) is 114 Å². The number of hydrogen-bond acceptors (Lipinski definition) is 3. The Bertz CT molecular complexity index is 1230. The fourth-order valence-corrected chi connectivity index (χ4v) is 4.88. The lowest BCUT2D eigenvalue weighted by atomic mass is 9.68. The highest BCUT2D eigenvalue weighted by Gasteiger charge is 2.36. The summed E-state index contributed by atoms with van der Waals surface area (Å²) in [5.74, 6) is 0.0130. The largest absolute Gasteiger partial charge is 0.411 e. The van der Waals surface area contributed by atoms with E-state index in [0.717, 1.165) is 33.4 Å². The predicted molar refractivity (Wildman–Crippen MR) is 127 cm³/mol. The van der Waals surface area contributed by atoms with Gasteiger partial charge in [0.15, 0.2) is 5.78 Å². The van der Waals surface area contributed by atoms with Crippen LogP contribution in [-0.2, 0) is 0 Å². The van der Waals surface area contributed by atoms with Crippen molar-refractivity contribution in [2.24, 2.45) is 5.16 Å². The summed E-state index contributed by atoms with van der Waals surface area (Å²) in [7, 11) is 0. The summed E-state index contributed by atoms with van der Waals surface area (Å²) >= 11 is 0. The lowest BCUT2D eigenvalue weighted by Crippen LogP contribution is -2.25. The molecule has 0 amide bonds. The average molecular weight is 418 g/mol. The number of benzene rings is 4. The number of carbonyl (C=O) groups excluding carboxylic acids is 1. The first kappa shape index (κ1) is 20.0. The molecule has 0 radical (unpaired) electrons. The first-order valence-corrected chi connectivity index (χ1v) is 10.8. The Morgan fingerprint density at radius 2 is 1.22 bits per heavy atom. The zero-order chi connectivity index (χ0) is 21.9. The van der Waals surface area contributed by atoms with E-state index in [-0.39, 0.29) is 17.6 Å². The van der Waals surface area contributed by atoms with Crippen LogP contribution >= 0.6 is 0 Å². The molecule has 1 unspecified atom stereocenters. The van der Waals surface area contributed by atoms with Crippen LogP contribution in [-0.4, -0.2) is 16.7 Å². The normalized spacial score (nSPS) is 14.5. The molecule has 1 atom stereocenters. The van der Waals surface area contributed by atoms with Crippen LogP contribution in [0.3, 0.4) is 0 Å². The van der Waals surface area contributed by atoms with Crippen LogP contribution < -0.4 is 0 Å². The molecule has 1 aliphatic carbocycles. The molecule has 1 aliphatic rings. The minimum absolute atomic E-state index is 0.0160. The van der Waals surface area contributed by atoms with Gasteiger partial charge in [0.1, 0.15) is 0 Å². The lowest BCUT2D eigenvalue weighted by molar-refractivity contribution is 0.103. The maximum absolute atomic E-state index is 13.2. The summed E-state index contributed by atoms with van der Waals surface area (Å²) in [4.78, 5) is 13.2. The van der Waals surface area contributed by atoms with E-state index in [1.165, 1.54) is 0 Å². The Morgan fingerprint density at radius 1 is 0.719 bits per heavy atom. The number of rotatable bonds is 5. The molecule has 0 saturated carbocycles. The van der Waals surface area contributed by atoms with Crippen LogP contribution in [0, 0.1) is 0 Å². The highest BCUT2D eigenvalue weighted by molar-refractivity contribution is 6.13. The van der Waals surface area contributed by atoms with Crippen molar-refractivity contribution in [3.05, 3.63) is 143 Å². The van der Waals surface area contributed by atoms with Crippen LogP contribution in [0.4, 0.5) is 0 Å². The van der Waals surface area contributed by atoms with Crippen LogP contribution in [0.2, 0.25) is 0 Å². The topological polar surface area (TPSA) is 49.7 Å². The molecule has 0 aromatic heterocycles. The van der Waals surface area contributed by atoms with E-state index in [1.54, 1.807) is 0 Å². The van der Waals surface area contributed by atoms with Gasteiger partial charge in [-0.3, -0.25) is 4.79 Å². The van der Waals surface area contributed by atoms with Crippen molar-refractivity contribution >= 4 is 11.5 Å². The van der Waals surface area contributed by atoms with Gasteiger partial charge in [-0.25, -0.2) is 0 Å². The van der Waals surface area contributed by atoms with Gasteiger partial charge in [0.2, 0.25) is 0 Å². The quantitative estimate of drug-likeness (QED) is 0.232. The van der Waals surface area contributed by atoms with Crippen molar-refractivity contribution in [2.75, 3.05) is 0 Å². The Kier molecular flexibility index (Phi) is 5.39. The minimum atomic E-state index is -0.0389.